The van der Waals surface area contributed by atoms with E-state index in [1.54, 1.807) is 43.7 Å². The maximum absolute atomic E-state index is 13.8. The number of nitrogens with zero attached hydrogens (tertiary/aromatic N) is 2. The molecule has 0 saturated heterocycles. The zero-order valence-corrected chi connectivity index (χ0v) is 22.8. The van der Waals surface area contributed by atoms with Gasteiger partial charge in [0.25, 0.3) is 0 Å². The molecule has 0 aliphatic rings. The first-order chi connectivity index (χ1) is 15.5. The lowest BCUT2D eigenvalue weighted by atomic mass is 10.1. The predicted molar refractivity (Wildman–Crippen MR) is 134 cm³/mol. The number of Topliss-reactive ketones (excluding diaryl/α,β-unsaturated/α-hetero) is 1. The van der Waals surface area contributed by atoms with Crippen molar-refractivity contribution in [2.24, 2.45) is 0 Å². The molecule has 1 unspecified atom stereocenters. The Morgan fingerprint density at radius 3 is 2.32 bits per heavy atom. The molecule has 1 amide bonds. The maximum Gasteiger partial charge on any atom is 0.407 e. The SMILES string of the molecule is CC(=O)c1cc(-c2cccc(F)c2)nn1C(CNC(=O)OC(C)(C)C)CO[Si](C)(C)C(C)(C)C. The summed E-state index contributed by atoms with van der Waals surface area (Å²) in [6, 6.07) is 7.23. The number of hydrogen-bond donors (Lipinski definition) is 1. The molecule has 0 spiro atoms. The van der Waals surface area contributed by atoms with Crippen molar-refractivity contribution >= 4 is 20.2 Å². The average molecular weight is 492 g/mol. The molecule has 34 heavy (non-hydrogen) atoms. The van der Waals surface area contributed by atoms with E-state index in [2.05, 4.69) is 44.3 Å². The Morgan fingerprint density at radius 2 is 1.79 bits per heavy atom. The fourth-order valence-electron chi connectivity index (χ4n) is 2.98. The van der Waals surface area contributed by atoms with Gasteiger partial charge < -0.3 is 14.5 Å². The second-order valence-corrected chi connectivity index (χ2v) is 15.8. The third kappa shape index (κ3) is 7.49. The van der Waals surface area contributed by atoms with Gasteiger partial charge in [-0.1, -0.05) is 32.9 Å². The monoisotopic (exact) mass is 491 g/mol. The number of alkyl carbamates (subject to hydrolysis) is 1. The fourth-order valence-corrected chi connectivity index (χ4v) is 4.02. The molecular weight excluding hydrogens is 453 g/mol. The normalized spacial score (nSPS) is 13.5. The van der Waals surface area contributed by atoms with Gasteiger partial charge in [0.05, 0.1) is 18.3 Å². The van der Waals surface area contributed by atoms with E-state index in [1.165, 1.54) is 19.1 Å². The quantitative estimate of drug-likeness (QED) is 0.363. The molecule has 188 valence electrons. The standard InChI is InChI=1S/C25H38FN3O4Si/c1-17(30)22-14-21(18-11-10-12-19(26)13-18)28-29(22)20(15-27-23(31)33-24(2,3)4)16-32-34(8,9)25(5,6)7/h10-14,20H,15-16H2,1-9H3,(H,27,31). The highest BCUT2D eigenvalue weighted by atomic mass is 28.4. The number of ketones is 1. The molecule has 1 aromatic carbocycles. The maximum atomic E-state index is 13.8. The minimum Gasteiger partial charge on any atom is -0.444 e. The van der Waals surface area contributed by atoms with Crippen molar-refractivity contribution < 1.29 is 23.1 Å². The van der Waals surface area contributed by atoms with Crippen LogP contribution in [-0.2, 0) is 9.16 Å². The van der Waals surface area contributed by atoms with E-state index < -0.39 is 26.1 Å². The van der Waals surface area contributed by atoms with E-state index >= 15 is 0 Å². The predicted octanol–water partition coefficient (Wildman–Crippen LogP) is 5.98. The van der Waals surface area contributed by atoms with Crippen molar-refractivity contribution in [3.63, 3.8) is 0 Å². The summed E-state index contributed by atoms with van der Waals surface area (Å²) < 4.78 is 27.2. The van der Waals surface area contributed by atoms with Crippen molar-refractivity contribution in [1.82, 2.24) is 15.1 Å². The molecule has 9 heteroatoms. The molecular formula is C25H38FN3O4Si. The Hall–Kier alpha value is -2.52. The fraction of sp³-hybridized carbons (Fsp3) is 0.560. The molecule has 1 heterocycles. The van der Waals surface area contributed by atoms with E-state index in [-0.39, 0.29) is 29.8 Å². The molecule has 0 radical (unpaired) electrons. The van der Waals surface area contributed by atoms with Gasteiger partial charge in [0.15, 0.2) is 14.1 Å². The minimum atomic E-state index is -2.12. The largest absolute Gasteiger partial charge is 0.444 e. The lowest BCUT2D eigenvalue weighted by Gasteiger charge is -2.37. The van der Waals surface area contributed by atoms with Gasteiger partial charge in [0, 0.05) is 19.0 Å². The number of halogens is 1. The van der Waals surface area contributed by atoms with Crippen molar-refractivity contribution in [2.75, 3.05) is 13.2 Å². The molecule has 7 nitrogen and oxygen atoms in total. The van der Waals surface area contributed by atoms with Gasteiger partial charge in [0.1, 0.15) is 17.1 Å². The van der Waals surface area contributed by atoms with E-state index in [0.717, 1.165) is 0 Å². The smallest absolute Gasteiger partial charge is 0.407 e. The second-order valence-electron chi connectivity index (χ2n) is 11.0. The van der Waals surface area contributed by atoms with Crippen LogP contribution in [-0.4, -0.2) is 48.7 Å². The van der Waals surface area contributed by atoms with Gasteiger partial charge >= 0.3 is 6.09 Å². The van der Waals surface area contributed by atoms with Crippen LogP contribution < -0.4 is 5.32 Å². The second kappa shape index (κ2) is 10.4. The number of hydrogen-bond acceptors (Lipinski definition) is 5. The van der Waals surface area contributed by atoms with Crippen LogP contribution in [0, 0.1) is 5.82 Å². The molecule has 0 bridgehead atoms. The molecule has 1 atom stereocenters. The number of ether oxygens (including phenoxy) is 1. The third-order valence-corrected chi connectivity index (χ3v) is 10.4. The molecule has 1 N–H and O–H groups in total. The highest BCUT2D eigenvalue weighted by Crippen LogP contribution is 2.37. The van der Waals surface area contributed by atoms with Crippen molar-refractivity contribution in [3.05, 3.63) is 41.8 Å². The molecule has 1 aromatic heterocycles. The first-order valence-corrected chi connectivity index (χ1v) is 14.4. The first-order valence-electron chi connectivity index (χ1n) is 11.5. The zero-order chi connectivity index (χ0) is 25.9. The average Bonchev–Trinajstić information content (AvgIpc) is 3.11. The van der Waals surface area contributed by atoms with Crippen LogP contribution in [0.5, 0.6) is 0 Å². The summed E-state index contributed by atoms with van der Waals surface area (Å²) in [7, 11) is -2.12. The van der Waals surface area contributed by atoms with Gasteiger partial charge in [-0.05, 0) is 57.1 Å². The Balaban J connectivity index is 2.41. The third-order valence-electron chi connectivity index (χ3n) is 5.89. The summed E-state index contributed by atoms with van der Waals surface area (Å²) in [5.41, 5.74) is 0.747. The van der Waals surface area contributed by atoms with E-state index in [1.807, 2.05) is 0 Å². The van der Waals surface area contributed by atoms with Crippen LogP contribution in [0.25, 0.3) is 11.3 Å². The van der Waals surface area contributed by atoms with Crippen LogP contribution in [0.2, 0.25) is 18.1 Å². The van der Waals surface area contributed by atoms with Gasteiger partial charge in [-0.25, -0.2) is 9.18 Å². The first kappa shape index (κ1) is 27.7. The Labute approximate surface area is 203 Å². The summed E-state index contributed by atoms with van der Waals surface area (Å²) >= 11 is 0. The van der Waals surface area contributed by atoms with Crippen LogP contribution in [0.4, 0.5) is 9.18 Å². The lowest BCUT2D eigenvalue weighted by Crippen LogP contribution is -2.44. The van der Waals surface area contributed by atoms with Crippen molar-refractivity contribution in [1.29, 1.82) is 0 Å². The van der Waals surface area contributed by atoms with Crippen LogP contribution >= 0.6 is 0 Å². The van der Waals surface area contributed by atoms with Crippen LogP contribution in [0.1, 0.15) is 65.0 Å². The Kier molecular flexibility index (Phi) is 8.47. The molecule has 2 rings (SSSR count). The molecule has 0 fully saturated rings. The number of nitrogens with one attached hydrogen (secondary N) is 1. The van der Waals surface area contributed by atoms with E-state index in [9.17, 15) is 14.0 Å². The number of benzene rings is 1. The number of carbonyl (C=O) groups is 2. The van der Waals surface area contributed by atoms with Gasteiger partial charge in [-0.3, -0.25) is 9.48 Å². The highest BCUT2D eigenvalue weighted by Gasteiger charge is 2.38. The molecule has 0 aliphatic carbocycles. The summed E-state index contributed by atoms with van der Waals surface area (Å²) in [5, 5.41) is 7.39. The summed E-state index contributed by atoms with van der Waals surface area (Å²) in [5.74, 6) is -0.578. The summed E-state index contributed by atoms with van der Waals surface area (Å²) in [6.45, 7) is 17.9. The number of aromatic nitrogens is 2. The number of rotatable bonds is 8. The van der Waals surface area contributed by atoms with Crippen molar-refractivity contribution in [2.45, 2.75) is 78.2 Å². The Morgan fingerprint density at radius 1 is 1.15 bits per heavy atom. The summed E-state index contributed by atoms with van der Waals surface area (Å²) in [4.78, 5) is 24.8. The molecule has 2 aromatic rings. The summed E-state index contributed by atoms with van der Waals surface area (Å²) in [6.07, 6.45) is -0.563. The van der Waals surface area contributed by atoms with Crippen LogP contribution in [0.3, 0.4) is 0 Å². The molecule has 0 saturated carbocycles. The van der Waals surface area contributed by atoms with Crippen LogP contribution in [0.15, 0.2) is 30.3 Å². The van der Waals surface area contributed by atoms with E-state index in [0.29, 0.717) is 17.0 Å². The lowest BCUT2D eigenvalue weighted by molar-refractivity contribution is 0.0513. The number of amides is 1. The number of carbonyl (C=O) groups excluding carboxylic acids is 2. The van der Waals surface area contributed by atoms with Gasteiger partial charge in [0.2, 0.25) is 0 Å². The van der Waals surface area contributed by atoms with E-state index in [4.69, 9.17) is 9.16 Å². The van der Waals surface area contributed by atoms with Crippen molar-refractivity contribution in [3.8, 4) is 11.3 Å². The van der Waals surface area contributed by atoms with Gasteiger partial charge in [-0.2, -0.15) is 5.10 Å². The Bertz CT molecular complexity index is 1020. The minimum absolute atomic E-state index is 0.0175. The highest BCUT2D eigenvalue weighted by molar-refractivity contribution is 6.74. The van der Waals surface area contributed by atoms with Gasteiger partial charge in [-0.15, -0.1) is 0 Å². The zero-order valence-electron chi connectivity index (χ0n) is 21.8. The molecule has 0 aliphatic heterocycles. The topological polar surface area (TPSA) is 82.5 Å².